The Balaban J connectivity index is 0.00000320. The van der Waals surface area contributed by atoms with Gasteiger partial charge in [0.25, 0.3) is 0 Å². The van der Waals surface area contributed by atoms with E-state index in [0.717, 1.165) is 57.1 Å². The van der Waals surface area contributed by atoms with Crippen molar-refractivity contribution in [2.45, 2.75) is 45.2 Å². The molecule has 2 heterocycles. The van der Waals surface area contributed by atoms with Crippen LogP contribution in [0.2, 0.25) is 0 Å². The number of piperidine rings is 2. The second-order valence-corrected chi connectivity index (χ2v) is 8.43. The predicted octanol–water partition coefficient (Wildman–Crippen LogP) is 3.44. The normalized spacial score (nSPS) is 21.9. The lowest BCUT2D eigenvalue weighted by Gasteiger charge is -2.33. The van der Waals surface area contributed by atoms with Gasteiger partial charge in [0.15, 0.2) is 17.6 Å². The third kappa shape index (κ3) is 7.92. The number of aliphatic imine (C=N–C) groups is 1. The van der Waals surface area contributed by atoms with Crippen LogP contribution < -0.4 is 10.6 Å². The van der Waals surface area contributed by atoms with Gasteiger partial charge < -0.3 is 15.5 Å². The summed E-state index contributed by atoms with van der Waals surface area (Å²) in [6.07, 6.45) is 4.55. The highest BCUT2D eigenvalue weighted by Crippen LogP contribution is 2.17. The van der Waals surface area contributed by atoms with Crippen molar-refractivity contribution in [3.8, 4) is 0 Å². The van der Waals surface area contributed by atoms with Gasteiger partial charge in [0.1, 0.15) is 0 Å². The van der Waals surface area contributed by atoms with E-state index in [1.807, 2.05) is 0 Å². The average Bonchev–Trinajstić information content (AvgIpc) is 2.71. The standard InChI is InChI=1S/C22H35F2N5.HI/c1-3-25-22(26-14-18-5-4-10-28(2)15-18)27-19-8-11-29(12-9-19)16-17-6-7-20(23)21(24)13-17;/h6-7,13,18-19H,3-5,8-12,14-16H2,1-2H3,(H2,25,26,27);1H. The zero-order valence-corrected chi connectivity index (χ0v) is 20.5. The molecule has 0 spiro atoms. The van der Waals surface area contributed by atoms with Gasteiger partial charge in [-0.3, -0.25) is 9.89 Å². The molecule has 1 atom stereocenters. The first-order valence-electron chi connectivity index (χ1n) is 10.9. The van der Waals surface area contributed by atoms with Crippen LogP contribution in [0.3, 0.4) is 0 Å². The van der Waals surface area contributed by atoms with E-state index in [1.165, 1.54) is 31.5 Å². The van der Waals surface area contributed by atoms with E-state index in [-0.39, 0.29) is 24.0 Å². The maximum Gasteiger partial charge on any atom is 0.191 e. The zero-order chi connectivity index (χ0) is 20.6. The summed E-state index contributed by atoms with van der Waals surface area (Å²) in [6.45, 7) is 8.67. The fraction of sp³-hybridized carbons (Fsp3) is 0.682. The van der Waals surface area contributed by atoms with E-state index < -0.39 is 11.6 Å². The van der Waals surface area contributed by atoms with Crippen molar-refractivity contribution in [2.75, 3.05) is 46.3 Å². The lowest BCUT2D eigenvalue weighted by atomic mass is 9.99. The lowest BCUT2D eigenvalue weighted by molar-refractivity contribution is 0.198. The minimum atomic E-state index is -0.785. The number of nitrogens with zero attached hydrogens (tertiary/aromatic N) is 3. The number of hydrogen-bond acceptors (Lipinski definition) is 3. The van der Waals surface area contributed by atoms with Crippen LogP contribution in [0.25, 0.3) is 0 Å². The van der Waals surface area contributed by atoms with Crippen molar-refractivity contribution in [1.29, 1.82) is 0 Å². The van der Waals surface area contributed by atoms with Gasteiger partial charge in [0.05, 0.1) is 0 Å². The molecule has 8 heteroatoms. The van der Waals surface area contributed by atoms with Gasteiger partial charge in [0, 0.05) is 45.3 Å². The molecule has 2 N–H and O–H groups in total. The van der Waals surface area contributed by atoms with Crippen LogP contribution in [0.5, 0.6) is 0 Å². The molecule has 0 saturated carbocycles. The molecule has 30 heavy (non-hydrogen) atoms. The number of nitrogens with one attached hydrogen (secondary N) is 2. The average molecular weight is 535 g/mol. The van der Waals surface area contributed by atoms with Crippen LogP contribution in [0, 0.1) is 17.6 Å². The van der Waals surface area contributed by atoms with Gasteiger partial charge in [-0.25, -0.2) is 8.78 Å². The molecule has 5 nitrogen and oxygen atoms in total. The second-order valence-electron chi connectivity index (χ2n) is 8.43. The number of rotatable bonds is 6. The van der Waals surface area contributed by atoms with E-state index in [9.17, 15) is 8.78 Å². The fourth-order valence-corrected chi connectivity index (χ4v) is 4.29. The quantitative estimate of drug-likeness (QED) is 0.333. The summed E-state index contributed by atoms with van der Waals surface area (Å²) < 4.78 is 26.5. The summed E-state index contributed by atoms with van der Waals surface area (Å²) in [4.78, 5) is 9.54. The van der Waals surface area contributed by atoms with Crippen molar-refractivity contribution in [3.63, 3.8) is 0 Å². The van der Waals surface area contributed by atoms with Crippen molar-refractivity contribution in [2.24, 2.45) is 10.9 Å². The van der Waals surface area contributed by atoms with E-state index in [4.69, 9.17) is 4.99 Å². The third-order valence-electron chi connectivity index (χ3n) is 5.89. The van der Waals surface area contributed by atoms with E-state index in [2.05, 4.69) is 34.4 Å². The van der Waals surface area contributed by atoms with Crippen molar-refractivity contribution < 1.29 is 8.78 Å². The minimum absolute atomic E-state index is 0. The maximum atomic E-state index is 13.4. The molecule has 2 saturated heterocycles. The van der Waals surface area contributed by atoms with Crippen LogP contribution in [-0.2, 0) is 6.54 Å². The van der Waals surface area contributed by atoms with E-state index >= 15 is 0 Å². The number of benzene rings is 1. The molecule has 2 aliphatic rings. The molecule has 0 radical (unpaired) electrons. The third-order valence-corrected chi connectivity index (χ3v) is 5.89. The number of guanidine groups is 1. The van der Waals surface area contributed by atoms with Gasteiger partial charge in [0.2, 0.25) is 0 Å². The first kappa shape index (κ1) is 25.3. The Kier molecular flexibility index (Phi) is 10.7. The molecule has 2 aliphatic heterocycles. The predicted molar refractivity (Wildman–Crippen MR) is 129 cm³/mol. The molecule has 0 aliphatic carbocycles. The summed E-state index contributed by atoms with van der Waals surface area (Å²) in [7, 11) is 2.19. The summed E-state index contributed by atoms with van der Waals surface area (Å²) in [5, 5.41) is 6.98. The molecule has 1 unspecified atom stereocenters. The number of likely N-dealkylation sites (tertiary alicyclic amines) is 2. The molecule has 170 valence electrons. The van der Waals surface area contributed by atoms with Crippen LogP contribution in [0.4, 0.5) is 8.78 Å². The molecule has 0 aromatic heterocycles. The second kappa shape index (κ2) is 12.8. The van der Waals surface area contributed by atoms with Crippen LogP contribution >= 0.6 is 24.0 Å². The molecule has 1 aromatic carbocycles. The van der Waals surface area contributed by atoms with E-state index in [0.29, 0.717) is 18.5 Å². The smallest absolute Gasteiger partial charge is 0.191 e. The largest absolute Gasteiger partial charge is 0.357 e. The van der Waals surface area contributed by atoms with Gasteiger partial charge in [-0.1, -0.05) is 6.07 Å². The van der Waals surface area contributed by atoms with Crippen LogP contribution in [-0.4, -0.2) is 68.1 Å². The molecule has 3 rings (SSSR count). The highest BCUT2D eigenvalue weighted by molar-refractivity contribution is 14.0. The Morgan fingerprint density at radius 1 is 1.13 bits per heavy atom. The first-order chi connectivity index (χ1) is 14.0. The maximum absolute atomic E-state index is 13.4. The van der Waals surface area contributed by atoms with Crippen LogP contribution in [0.15, 0.2) is 23.2 Å². The van der Waals surface area contributed by atoms with Gasteiger partial charge >= 0.3 is 0 Å². The molecule has 1 aromatic rings. The highest BCUT2D eigenvalue weighted by Gasteiger charge is 2.21. The Bertz CT molecular complexity index is 679. The summed E-state index contributed by atoms with van der Waals surface area (Å²) in [6, 6.07) is 4.57. The lowest BCUT2D eigenvalue weighted by Crippen LogP contribution is -2.48. The van der Waals surface area contributed by atoms with Gasteiger partial charge in [-0.05, 0) is 69.8 Å². The Labute approximate surface area is 196 Å². The molecular formula is C22H36F2IN5. The molecule has 0 bridgehead atoms. The number of hydrogen-bond donors (Lipinski definition) is 2. The molecular weight excluding hydrogens is 499 g/mol. The number of halogens is 3. The minimum Gasteiger partial charge on any atom is -0.357 e. The zero-order valence-electron chi connectivity index (χ0n) is 18.2. The fourth-order valence-electron chi connectivity index (χ4n) is 4.29. The van der Waals surface area contributed by atoms with Gasteiger partial charge in [-0.15, -0.1) is 24.0 Å². The van der Waals surface area contributed by atoms with Crippen molar-refractivity contribution >= 4 is 29.9 Å². The van der Waals surface area contributed by atoms with Gasteiger partial charge in [-0.2, -0.15) is 0 Å². The summed E-state index contributed by atoms with van der Waals surface area (Å²) >= 11 is 0. The molecule has 2 fully saturated rings. The van der Waals surface area contributed by atoms with Crippen molar-refractivity contribution in [3.05, 3.63) is 35.4 Å². The molecule has 0 amide bonds. The Hall–Kier alpha value is -1.00. The summed E-state index contributed by atoms with van der Waals surface area (Å²) in [5.74, 6) is 0.00316. The van der Waals surface area contributed by atoms with E-state index in [1.54, 1.807) is 6.07 Å². The Morgan fingerprint density at radius 2 is 1.90 bits per heavy atom. The monoisotopic (exact) mass is 535 g/mol. The SMILES string of the molecule is CCNC(=NCC1CCCN(C)C1)NC1CCN(Cc2ccc(F)c(F)c2)CC1.I. The summed E-state index contributed by atoms with van der Waals surface area (Å²) in [5.41, 5.74) is 0.822. The highest BCUT2D eigenvalue weighted by atomic mass is 127. The first-order valence-corrected chi connectivity index (χ1v) is 10.9. The Morgan fingerprint density at radius 3 is 2.57 bits per heavy atom. The van der Waals surface area contributed by atoms with Crippen molar-refractivity contribution in [1.82, 2.24) is 20.4 Å². The van der Waals surface area contributed by atoms with Crippen LogP contribution in [0.1, 0.15) is 38.2 Å². The topological polar surface area (TPSA) is 42.9 Å².